The zero-order valence-corrected chi connectivity index (χ0v) is 10.6. The SMILES string of the molecule is COc1cccc(C(O)CNC(C)(C)CO)c1. The van der Waals surface area contributed by atoms with Gasteiger partial charge in [-0.1, -0.05) is 12.1 Å². The molecule has 4 heteroatoms. The van der Waals surface area contributed by atoms with E-state index in [0.29, 0.717) is 6.54 Å². The lowest BCUT2D eigenvalue weighted by Crippen LogP contribution is -2.44. The monoisotopic (exact) mass is 239 g/mol. The van der Waals surface area contributed by atoms with Crippen LogP contribution in [0.4, 0.5) is 0 Å². The standard InChI is InChI=1S/C13H21NO3/c1-13(2,9-15)14-8-12(16)10-5-4-6-11(7-10)17-3/h4-7,12,14-16H,8-9H2,1-3H3. The first kappa shape index (κ1) is 14.0. The Balaban J connectivity index is 2.60. The number of benzene rings is 1. The van der Waals surface area contributed by atoms with Gasteiger partial charge in [0.05, 0.1) is 19.8 Å². The maximum atomic E-state index is 10.00. The van der Waals surface area contributed by atoms with Crippen LogP contribution in [0.1, 0.15) is 25.5 Å². The van der Waals surface area contributed by atoms with Crippen molar-refractivity contribution in [1.29, 1.82) is 0 Å². The summed E-state index contributed by atoms with van der Waals surface area (Å²) < 4.78 is 5.10. The molecule has 0 aromatic heterocycles. The van der Waals surface area contributed by atoms with Gasteiger partial charge >= 0.3 is 0 Å². The molecule has 0 heterocycles. The molecule has 1 atom stereocenters. The lowest BCUT2D eigenvalue weighted by molar-refractivity contribution is 0.136. The summed E-state index contributed by atoms with van der Waals surface area (Å²) in [7, 11) is 1.60. The maximum Gasteiger partial charge on any atom is 0.119 e. The molecular formula is C13H21NO3. The maximum absolute atomic E-state index is 10.00. The third-order valence-corrected chi connectivity index (χ3v) is 2.65. The van der Waals surface area contributed by atoms with Crippen LogP contribution in [0.2, 0.25) is 0 Å². The number of aliphatic hydroxyl groups excluding tert-OH is 2. The minimum Gasteiger partial charge on any atom is -0.497 e. The molecule has 1 aromatic rings. The van der Waals surface area contributed by atoms with Crippen molar-refractivity contribution in [2.45, 2.75) is 25.5 Å². The number of β-amino-alcohol motifs (C(OH)–C–C–N with tert-alkyl or cyclic N) is 1. The second kappa shape index (κ2) is 6.00. The van der Waals surface area contributed by atoms with Gasteiger partial charge in [0.1, 0.15) is 5.75 Å². The Hall–Kier alpha value is -1.10. The first-order chi connectivity index (χ1) is 7.98. The van der Waals surface area contributed by atoms with Gasteiger partial charge in [0.15, 0.2) is 0 Å². The largest absolute Gasteiger partial charge is 0.497 e. The van der Waals surface area contributed by atoms with Gasteiger partial charge in [-0.25, -0.2) is 0 Å². The van der Waals surface area contributed by atoms with E-state index in [4.69, 9.17) is 9.84 Å². The topological polar surface area (TPSA) is 61.7 Å². The molecule has 4 nitrogen and oxygen atoms in total. The Kier molecular flexibility index (Phi) is 4.93. The highest BCUT2D eigenvalue weighted by Gasteiger charge is 2.17. The predicted molar refractivity (Wildman–Crippen MR) is 67.1 cm³/mol. The lowest BCUT2D eigenvalue weighted by Gasteiger charge is -2.25. The zero-order valence-electron chi connectivity index (χ0n) is 10.6. The molecule has 0 fully saturated rings. The van der Waals surface area contributed by atoms with Gasteiger partial charge in [-0.15, -0.1) is 0 Å². The summed E-state index contributed by atoms with van der Waals surface area (Å²) in [5, 5.41) is 22.2. The zero-order chi connectivity index (χ0) is 12.9. The van der Waals surface area contributed by atoms with Crippen molar-refractivity contribution in [2.75, 3.05) is 20.3 Å². The molecule has 1 aromatic carbocycles. The minimum atomic E-state index is -0.615. The number of nitrogens with one attached hydrogen (secondary N) is 1. The summed E-state index contributed by atoms with van der Waals surface area (Å²) in [6, 6.07) is 7.33. The van der Waals surface area contributed by atoms with Crippen LogP contribution in [0.15, 0.2) is 24.3 Å². The van der Waals surface area contributed by atoms with Crippen LogP contribution in [0.5, 0.6) is 5.75 Å². The summed E-state index contributed by atoms with van der Waals surface area (Å²) in [6.07, 6.45) is -0.615. The van der Waals surface area contributed by atoms with Crippen molar-refractivity contribution in [2.24, 2.45) is 0 Å². The number of ether oxygens (including phenoxy) is 1. The van der Waals surface area contributed by atoms with Gasteiger partial charge in [0.2, 0.25) is 0 Å². The van der Waals surface area contributed by atoms with Gasteiger partial charge < -0.3 is 20.3 Å². The van der Waals surface area contributed by atoms with E-state index in [0.717, 1.165) is 11.3 Å². The fourth-order valence-corrected chi connectivity index (χ4v) is 1.40. The average molecular weight is 239 g/mol. The number of hydrogen-bond donors (Lipinski definition) is 3. The molecular weight excluding hydrogens is 218 g/mol. The molecule has 3 N–H and O–H groups in total. The Morgan fingerprint density at radius 2 is 2.12 bits per heavy atom. The van der Waals surface area contributed by atoms with Gasteiger partial charge in [-0.3, -0.25) is 0 Å². The third-order valence-electron chi connectivity index (χ3n) is 2.65. The fraction of sp³-hybridized carbons (Fsp3) is 0.538. The molecule has 0 saturated heterocycles. The van der Waals surface area contributed by atoms with Crippen LogP contribution in [0, 0.1) is 0 Å². The van der Waals surface area contributed by atoms with Gasteiger partial charge in [0.25, 0.3) is 0 Å². The summed E-state index contributed by atoms with van der Waals surface area (Å²) >= 11 is 0. The van der Waals surface area contributed by atoms with E-state index in [1.54, 1.807) is 13.2 Å². The Bertz CT molecular complexity index is 352. The average Bonchev–Trinajstić information content (AvgIpc) is 2.36. The van der Waals surface area contributed by atoms with Crippen LogP contribution in [0.3, 0.4) is 0 Å². The fourth-order valence-electron chi connectivity index (χ4n) is 1.40. The Morgan fingerprint density at radius 1 is 1.41 bits per heavy atom. The smallest absolute Gasteiger partial charge is 0.119 e. The van der Waals surface area contributed by atoms with Crippen molar-refractivity contribution in [3.05, 3.63) is 29.8 Å². The van der Waals surface area contributed by atoms with Crippen LogP contribution >= 0.6 is 0 Å². The Labute approximate surface area is 102 Å². The van der Waals surface area contributed by atoms with E-state index in [2.05, 4.69) is 5.32 Å². The number of aliphatic hydroxyl groups is 2. The van der Waals surface area contributed by atoms with Crippen molar-refractivity contribution < 1.29 is 14.9 Å². The second-order valence-electron chi connectivity index (χ2n) is 4.72. The van der Waals surface area contributed by atoms with Crippen LogP contribution < -0.4 is 10.1 Å². The highest BCUT2D eigenvalue weighted by Crippen LogP contribution is 2.19. The molecule has 0 aliphatic rings. The second-order valence-corrected chi connectivity index (χ2v) is 4.72. The van der Waals surface area contributed by atoms with Crippen molar-refractivity contribution in [3.63, 3.8) is 0 Å². The summed E-state index contributed by atoms with van der Waals surface area (Å²) in [5.41, 5.74) is 0.408. The van der Waals surface area contributed by atoms with Gasteiger partial charge in [0, 0.05) is 12.1 Å². The van der Waals surface area contributed by atoms with Gasteiger partial charge in [-0.2, -0.15) is 0 Å². The molecule has 17 heavy (non-hydrogen) atoms. The predicted octanol–water partition coefficient (Wildman–Crippen LogP) is 1.09. The van der Waals surface area contributed by atoms with E-state index in [9.17, 15) is 5.11 Å². The highest BCUT2D eigenvalue weighted by molar-refractivity contribution is 5.29. The molecule has 1 rings (SSSR count). The van der Waals surface area contributed by atoms with Crippen LogP contribution in [-0.2, 0) is 0 Å². The number of rotatable bonds is 6. The quantitative estimate of drug-likeness (QED) is 0.695. The third kappa shape index (κ3) is 4.34. The van der Waals surface area contributed by atoms with Crippen LogP contribution in [0.25, 0.3) is 0 Å². The molecule has 0 aliphatic carbocycles. The summed E-state index contributed by atoms with van der Waals surface area (Å²) in [5.74, 6) is 0.725. The van der Waals surface area contributed by atoms with E-state index in [-0.39, 0.29) is 12.1 Å². The van der Waals surface area contributed by atoms with E-state index < -0.39 is 6.10 Å². The molecule has 0 spiro atoms. The molecule has 0 radical (unpaired) electrons. The first-order valence-corrected chi connectivity index (χ1v) is 5.66. The van der Waals surface area contributed by atoms with E-state index in [1.807, 2.05) is 32.0 Å². The van der Waals surface area contributed by atoms with Crippen molar-refractivity contribution in [1.82, 2.24) is 5.32 Å². The lowest BCUT2D eigenvalue weighted by atomic mass is 10.0. The molecule has 1 unspecified atom stereocenters. The number of hydrogen-bond acceptors (Lipinski definition) is 4. The van der Waals surface area contributed by atoms with Crippen molar-refractivity contribution in [3.8, 4) is 5.75 Å². The highest BCUT2D eigenvalue weighted by atomic mass is 16.5. The van der Waals surface area contributed by atoms with Crippen molar-refractivity contribution >= 4 is 0 Å². The first-order valence-electron chi connectivity index (χ1n) is 5.66. The normalized spacial score (nSPS) is 13.5. The Morgan fingerprint density at radius 3 is 2.71 bits per heavy atom. The molecule has 0 saturated carbocycles. The van der Waals surface area contributed by atoms with Crippen LogP contribution in [-0.4, -0.2) is 36.0 Å². The molecule has 96 valence electrons. The van der Waals surface area contributed by atoms with E-state index >= 15 is 0 Å². The molecule has 0 aliphatic heterocycles. The summed E-state index contributed by atoms with van der Waals surface area (Å²) in [4.78, 5) is 0. The van der Waals surface area contributed by atoms with Gasteiger partial charge in [-0.05, 0) is 31.5 Å². The number of methoxy groups -OCH3 is 1. The minimum absolute atomic E-state index is 0.0256. The molecule has 0 amide bonds. The summed E-state index contributed by atoms with van der Waals surface area (Å²) in [6.45, 7) is 4.18. The van der Waals surface area contributed by atoms with E-state index in [1.165, 1.54) is 0 Å². The molecule has 0 bridgehead atoms.